The van der Waals surface area contributed by atoms with E-state index < -0.39 is 148 Å². The summed E-state index contributed by atoms with van der Waals surface area (Å²) in [6, 6.07) is -2.52. The standard InChI is InChI=1S/C65H122N2O21/c1-4-6-8-10-12-14-16-18-19-20-21-22-23-24-25-27-29-31-33-35-37-39-52(75)67-46(47(72)38-36-34-32-30-28-26-17-15-13-11-9-7-5-2)44-83-62-57(79)56(78)59(51(43-70)85-62)86-63-58(80)61(55(77)50(42-69)84-63)88-65(64(81)82)40-48(73)53(66-45(3)71)60(87-65)54(76)49(74)41-68/h46-51,53-63,68-70,72-74,76-80H,4-44H2,1-3H3,(H,66,71)(H,67,75)(H,81,82)/t46-,47+,48-,49+,50+,51+,53+,54+,55-,56+,57+,58+,59+,60?,61-,62+,63-,65-/m0/s1. The summed E-state index contributed by atoms with van der Waals surface area (Å²) in [5, 5.41) is 136. The van der Waals surface area contributed by atoms with Gasteiger partial charge in [0.15, 0.2) is 12.6 Å². The van der Waals surface area contributed by atoms with Gasteiger partial charge >= 0.3 is 5.97 Å². The molecule has 2 amide bonds. The topological polar surface area (TPSA) is 373 Å². The Morgan fingerprint density at radius 1 is 0.545 bits per heavy atom. The Morgan fingerprint density at radius 3 is 1.42 bits per heavy atom. The molecule has 23 heteroatoms. The van der Waals surface area contributed by atoms with Crippen LogP contribution in [0.3, 0.4) is 0 Å². The molecule has 0 bridgehead atoms. The van der Waals surface area contributed by atoms with Crippen LogP contribution in [-0.4, -0.2) is 215 Å². The summed E-state index contributed by atoms with van der Waals surface area (Å²) in [4.78, 5) is 38.5. The number of ether oxygens (including phenoxy) is 6. The van der Waals surface area contributed by atoms with E-state index in [-0.39, 0.29) is 18.9 Å². The average Bonchev–Trinajstić information content (AvgIpc) is 0.825. The van der Waals surface area contributed by atoms with Crippen molar-refractivity contribution in [2.24, 2.45) is 0 Å². The summed E-state index contributed by atoms with van der Waals surface area (Å²) < 4.78 is 34.8. The molecule has 14 N–H and O–H groups in total. The summed E-state index contributed by atoms with van der Waals surface area (Å²) in [6.07, 6.45) is 12.6. The molecule has 3 saturated heterocycles. The molecule has 518 valence electrons. The molecule has 0 aromatic carbocycles. The van der Waals surface area contributed by atoms with Crippen molar-refractivity contribution in [3.8, 4) is 0 Å². The van der Waals surface area contributed by atoms with Gasteiger partial charge < -0.3 is 100 Å². The van der Waals surface area contributed by atoms with Gasteiger partial charge in [-0.2, -0.15) is 0 Å². The highest BCUT2D eigenvalue weighted by atomic mass is 16.8. The third kappa shape index (κ3) is 29.4. The number of carbonyl (C=O) groups is 3. The zero-order valence-corrected chi connectivity index (χ0v) is 53.8. The van der Waals surface area contributed by atoms with E-state index in [9.17, 15) is 75.7 Å². The molecule has 88 heavy (non-hydrogen) atoms. The lowest BCUT2D eigenvalue weighted by Gasteiger charge is -2.50. The number of carboxylic acid groups (broad SMARTS) is 1. The predicted octanol–water partition coefficient (Wildman–Crippen LogP) is 5.73. The Balaban J connectivity index is 1.58. The maximum Gasteiger partial charge on any atom is 0.364 e. The number of carbonyl (C=O) groups excluding carboxylic acids is 2. The van der Waals surface area contributed by atoms with Crippen molar-refractivity contribution in [3.05, 3.63) is 0 Å². The molecule has 3 aliphatic heterocycles. The Kier molecular flexibility index (Phi) is 42.5. The average molecular weight is 1270 g/mol. The Labute approximate surface area is 525 Å². The van der Waals surface area contributed by atoms with Crippen LogP contribution in [0.4, 0.5) is 0 Å². The molecule has 0 spiro atoms. The third-order valence-electron chi connectivity index (χ3n) is 17.8. The van der Waals surface area contributed by atoms with E-state index >= 15 is 0 Å². The normalized spacial score (nSPS) is 28.9. The van der Waals surface area contributed by atoms with E-state index in [0.29, 0.717) is 19.3 Å². The summed E-state index contributed by atoms with van der Waals surface area (Å²) >= 11 is 0. The first-order valence-corrected chi connectivity index (χ1v) is 34.4. The summed E-state index contributed by atoms with van der Waals surface area (Å²) in [5.41, 5.74) is 0. The quantitative estimate of drug-likeness (QED) is 0.0323. The van der Waals surface area contributed by atoms with Crippen molar-refractivity contribution < 1.29 is 104 Å². The highest BCUT2D eigenvalue weighted by Crippen LogP contribution is 2.39. The molecule has 23 nitrogen and oxygen atoms in total. The minimum Gasteiger partial charge on any atom is -0.477 e. The van der Waals surface area contributed by atoms with Crippen LogP contribution in [0.1, 0.15) is 258 Å². The van der Waals surface area contributed by atoms with Crippen LogP contribution in [0.15, 0.2) is 0 Å². The fraction of sp³-hybridized carbons (Fsp3) is 0.954. The van der Waals surface area contributed by atoms with E-state index in [2.05, 4.69) is 24.5 Å². The molecular formula is C65H122N2O21. The number of aliphatic carboxylic acids is 1. The first-order valence-electron chi connectivity index (χ1n) is 34.4. The maximum atomic E-state index is 13.5. The van der Waals surface area contributed by atoms with E-state index in [1.165, 1.54) is 161 Å². The lowest BCUT2D eigenvalue weighted by molar-refractivity contribution is -0.386. The van der Waals surface area contributed by atoms with E-state index in [1.54, 1.807) is 0 Å². The second kappa shape index (κ2) is 46.7. The highest BCUT2D eigenvalue weighted by Gasteiger charge is 2.60. The second-order valence-corrected chi connectivity index (χ2v) is 25.4. The number of aliphatic hydroxyl groups is 11. The number of amides is 2. The monoisotopic (exact) mass is 1270 g/mol. The molecule has 0 saturated carbocycles. The van der Waals surface area contributed by atoms with Crippen molar-refractivity contribution in [1.82, 2.24) is 10.6 Å². The van der Waals surface area contributed by atoms with Gasteiger partial charge in [-0.25, -0.2) is 4.79 Å². The molecular weight excluding hydrogens is 1140 g/mol. The van der Waals surface area contributed by atoms with Gasteiger partial charge in [0, 0.05) is 19.8 Å². The number of carboxylic acids is 1. The van der Waals surface area contributed by atoms with Crippen LogP contribution < -0.4 is 10.6 Å². The molecule has 0 aromatic rings. The number of nitrogens with one attached hydrogen (secondary N) is 2. The summed E-state index contributed by atoms with van der Waals surface area (Å²) in [5.74, 6) is -6.09. The molecule has 0 aromatic heterocycles. The molecule has 0 radical (unpaired) electrons. The van der Waals surface area contributed by atoms with Gasteiger partial charge in [0.25, 0.3) is 5.79 Å². The van der Waals surface area contributed by atoms with E-state index in [4.69, 9.17) is 28.4 Å². The number of hydrogen-bond donors (Lipinski definition) is 14. The van der Waals surface area contributed by atoms with Crippen molar-refractivity contribution >= 4 is 17.8 Å². The third-order valence-corrected chi connectivity index (χ3v) is 17.8. The first kappa shape index (κ1) is 80.0. The van der Waals surface area contributed by atoms with Crippen LogP contribution in [0.2, 0.25) is 0 Å². The molecule has 3 fully saturated rings. The van der Waals surface area contributed by atoms with E-state index in [0.717, 1.165) is 51.9 Å². The smallest absolute Gasteiger partial charge is 0.364 e. The molecule has 1 unspecified atom stereocenters. The Morgan fingerprint density at radius 2 is 0.989 bits per heavy atom. The minimum atomic E-state index is -3.08. The maximum absolute atomic E-state index is 13.5. The van der Waals surface area contributed by atoms with E-state index in [1.807, 2.05) is 0 Å². The summed E-state index contributed by atoms with van der Waals surface area (Å²) in [7, 11) is 0. The van der Waals surface area contributed by atoms with Gasteiger partial charge in [-0.3, -0.25) is 9.59 Å². The molecule has 18 atom stereocenters. The number of hydrogen-bond acceptors (Lipinski definition) is 20. The van der Waals surface area contributed by atoms with Crippen molar-refractivity contribution in [3.63, 3.8) is 0 Å². The fourth-order valence-electron chi connectivity index (χ4n) is 12.3. The molecule has 3 rings (SSSR count). The lowest BCUT2D eigenvalue weighted by Crippen LogP contribution is -2.70. The van der Waals surface area contributed by atoms with Gasteiger partial charge in [0.1, 0.15) is 67.1 Å². The predicted molar refractivity (Wildman–Crippen MR) is 329 cm³/mol. The van der Waals surface area contributed by atoms with Crippen LogP contribution in [0.25, 0.3) is 0 Å². The second-order valence-electron chi connectivity index (χ2n) is 25.4. The van der Waals surface area contributed by atoms with Gasteiger partial charge in [0.2, 0.25) is 11.8 Å². The fourth-order valence-corrected chi connectivity index (χ4v) is 12.3. The Hall–Kier alpha value is -2.27. The first-order chi connectivity index (χ1) is 42.4. The lowest BCUT2D eigenvalue weighted by atomic mass is 9.88. The highest BCUT2D eigenvalue weighted by molar-refractivity contribution is 5.77. The van der Waals surface area contributed by atoms with Gasteiger partial charge in [-0.05, 0) is 12.8 Å². The van der Waals surface area contributed by atoms with Crippen LogP contribution in [0, 0.1) is 0 Å². The van der Waals surface area contributed by atoms with Crippen LogP contribution in [-0.2, 0) is 42.8 Å². The largest absolute Gasteiger partial charge is 0.477 e. The van der Waals surface area contributed by atoms with Crippen LogP contribution in [0.5, 0.6) is 0 Å². The Bertz CT molecular complexity index is 1790. The number of unbranched alkanes of at least 4 members (excludes halogenated alkanes) is 32. The number of rotatable bonds is 52. The van der Waals surface area contributed by atoms with Crippen molar-refractivity contribution in [2.75, 3.05) is 26.4 Å². The molecule has 0 aliphatic carbocycles. The summed E-state index contributed by atoms with van der Waals surface area (Å²) in [6.45, 7) is 2.21. The van der Waals surface area contributed by atoms with Gasteiger partial charge in [-0.1, -0.05) is 226 Å². The van der Waals surface area contributed by atoms with Crippen molar-refractivity contribution in [2.45, 2.75) is 368 Å². The van der Waals surface area contributed by atoms with Crippen LogP contribution >= 0.6 is 0 Å². The minimum absolute atomic E-state index is 0.229. The van der Waals surface area contributed by atoms with Gasteiger partial charge in [-0.15, -0.1) is 0 Å². The molecule has 3 heterocycles. The van der Waals surface area contributed by atoms with Crippen molar-refractivity contribution in [1.29, 1.82) is 0 Å². The molecule has 3 aliphatic rings. The SMILES string of the molecule is CCCCCCCCCCCCCCCCCCCCCCCC(=O)N[C@@H](CO[C@@H]1O[C@H](CO)[C@@H](O[C@@H]2O[C@H](CO)[C@H](O)[C@H](O[C@]3(C(=O)O)C[C@H](O)[C@@H](NC(C)=O)C([C@H](O)[C@H](O)CO)O3)[C@H]2O)[C@H](O)[C@H]1O)[C@H](O)CCCCCCCCCCCCCCC. The van der Waals surface area contributed by atoms with Gasteiger partial charge in [0.05, 0.1) is 50.7 Å². The number of aliphatic hydroxyl groups excluding tert-OH is 11. The zero-order valence-electron chi connectivity index (χ0n) is 53.8. The zero-order chi connectivity index (χ0) is 64.7.